The van der Waals surface area contributed by atoms with Crippen LogP contribution in [0.5, 0.6) is 0 Å². The standard InChI is InChI=1S/C16H25N5O2/c1-12-7-4-5-8-20(12)9-6-10-21-15(22)13-14(17-11-18(13)2)19(3)16(21)23/h11-12H,4-10H2,1-3H3/t12-/m0/s1. The quantitative estimate of drug-likeness (QED) is 0.832. The first-order valence-corrected chi connectivity index (χ1v) is 8.35. The van der Waals surface area contributed by atoms with E-state index in [2.05, 4.69) is 16.8 Å². The maximum Gasteiger partial charge on any atom is 0.332 e. The topological polar surface area (TPSA) is 65.1 Å². The maximum absolute atomic E-state index is 12.6. The molecule has 0 bridgehead atoms. The number of likely N-dealkylation sites (tertiary alicyclic amines) is 1. The van der Waals surface area contributed by atoms with Gasteiger partial charge >= 0.3 is 5.69 Å². The molecule has 0 unspecified atom stereocenters. The molecule has 1 fully saturated rings. The van der Waals surface area contributed by atoms with E-state index in [4.69, 9.17) is 0 Å². The van der Waals surface area contributed by atoms with Gasteiger partial charge in [-0.1, -0.05) is 6.42 Å². The number of nitrogens with zero attached hydrogens (tertiary/aromatic N) is 5. The largest absolute Gasteiger partial charge is 0.332 e. The summed E-state index contributed by atoms with van der Waals surface area (Å²) in [6, 6.07) is 0.600. The molecular weight excluding hydrogens is 294 g/mol. The van der Waals surface area contributed by atoms with Gasteiger partial charge in [-0.05, 0) is 32.7 Å². The molecule has 7 nitrogen and oxygen atoms in total. The average molecular weight is 319 g/mol. The molecule has 0 aliphatic carbocycles. The summed E-state index contributed by atoms with van der Waals surface area (Å²) in [6.45, 7) is 4.76. The van der Waals surface area contributed by atoms with Crippen LogP contribution in [0.1, 0.15) is 32.6 Å². The van der Waals surface area contributed by atoms with Crippen molar-refractivity contribution in [2.24, 2.45) is 14.1 Å². The Kier molecular flexibility index (Phi) is 4.39. The molecule has 1 aliphatic rings. The van der Waals surface area contributed by atoms with Gasteiger partial charge in [-0.2, -0.15) is 0 Å². The van der Waals surface area contributed by atoms with E-state index in [0.29, 0.717) is 23.8 Å². The predicted molar refractivity (Wildman–Crippen MR) is 89.7 cm³/mol. The average Bonchev–Trinajstić information content (AvgIpc) is 2.92. The van der Waals surface area contributed by atoms with Crippen molar-refractivity contribution in [1.29, 1.82) is 0 Å². The summed E-state index contributed by atoms with van der Waals surface area (Å²) in [5, 5.41) is 0. The Morgan fingerprint density at radius 1 is 1.22 bits per heavy atom. The van der Waals surface area contributed by atoms with Crippen LogP contribution in [0.4, 0.5) is 0 Å². The number of rotatable bonds is 4. The van der Waals surface area contributed by atoms with Crippen LogP contribution in [-0.2, 0) is 20.6 Å². The number of piperidine rings is 1. The summed E-state index contributed by atoms with van der Waals surface area (Å²) >= 11 is 0. The van der Waals surface area contributed by atoms with Gasteiger partial charge in [-0.15, -0.1) is 0 Å². The second kappa shape index (κ2) is 6.31. The van der Waals surface area contributed by atoms with Gasteiger partial charge in [0.15, 0.2) is 11.2 Å². The molecule has 1 saturated heterocycles. The number of hydrogen-bond donors (Lipinski definition) is 0. The number of imidazole rings is 1. The SMILES string of the molecule is C[C@H]1CCCCN1CCCn1c(=O)c2c(ncn2C)n(C)c1=O. The Hall–Kier alpha value is -1.89. The fourth-order valence-electron chi connectivity index (χ4n) is 3.52. The smallest absolute Gasteiger partial charge is 0.328 e. The molecule has 3 rings (SSSR count). The van der Waals surface area contributed by atoms with Gasteiger partial charge in [-0.3, -0.25) is 13.9 Å². The fourth-order valence-corrected chi connectivity index (χ4v) is 3.52. The van der Waals surface area contributed by atoms with Gasteiger partial charge in [0.05, 0.1) is 6.33 Å². The van der Waals surface area contributed by atoms with Crippen molar-refractivity contribution in [1.82, 2.24) is 23.6 Å². The highest BCUT2D eigenvalue weighted by Gasteiger charge is 2.18. The maximum atomic E-state index is 12.6. The van der Waals surface area contributed by atoms with E-state index in [-0.39, 0.29) is 11.2 Å². The molecule has 1 atom stereocenters. The van der Waals surface area contributed by atoms with Crippen molar-refractivity contribution in [3.8, 4) is 0 Å². The summed E-state index contributed by atoms with van der Waals surface area (Å²) < 4.78 is 4.49. The first kappa shape index (κ1) is 16.0. The van der Waals surface area contributed by atoms with Crippen molar-refractivity contribution in [2.75, 3.05) is 13.1 Å². The molecule has 3 heterocycles. The van der Waals surface area contributed by atoms with Crippen LogP contribution in [0.3, 0.4) is 0 Å². The van der Waals surface area contributed by atoms with Crippen LogP contribution in [0.15, 0.2) is 15.9 Å². The number of hydrogen-bond acceptors (Lipinski definition) is 4. The predicted octanol–water partition coefficient (Wildman–Crippen LogP) is 0.698. The van der Waals surface area contributed by atoms with Gasteiger partial charge in [0.2, 0.25) is 0 Å². The lowest BCUT2D eigenvalue weighted by Crippen LogP contribution is -2.42. The lowest BCUT2D eigenvalue weighted by molar-refractivity contribution is 0.156. The third-order valence-electron chi connectivity index (χ3n) is 4.97. The van der Waals surface area contributed by atoms with Crippen LogP contribution in [0.2, 0.25) is 0 Å². The van der Waals surface area contributed by atoms with E-state index >= 15 is 0 Å². The minimum absolute atomic E-state index is 0.241. The molecule has 2 aromatic rings. The Labute approximate surface area is 135 Å². The molecule has 0 amide bonds. The highest BCUT2D eigenvalue weighted by atomic mass is 16.2. The Bertz CT molecular complexity index is 816. The molecule has 0 aromatic carbocycles. The Morgan fingerprint density at radius 3 is 2.74 bits per heavy atom. The number of fused-ring (bicyclic) bond motifs is 1. The van der Waals surface area contributed by atoms with E-state index in [9.17, 15) is 9.59 Å². The zero-order chi connectivity index (χ0) is 16.6. The van der Waals surface area contributed by atoms with Crippen LogP contribution in [-0.4, -0.2) is 42.7 Å². The molecule has 2 aromatic heterocycles. The summed E-state index contributed by atoms with van der Waals surface area (Å²) in [7, 11) is 3.45. The first-order chi connectivity index (χ1) is 11.0. The molecule has 0 radical (unpaired) electrons. The molecule has 7 heteroatoms. The van der Waals surface area contributed by atoms with E-state index in [1.165, 1.54) is 28.4 Å². The molecule has 1 aliphatic heterocycles. The Morgan fingerprint density at radius 2 is 2.00 bits per heavy atom. The molecule has 23 heavy (non-hydrogen) atoms. The summed E-state index contributed by atoms with van der Waals surface area (Å²) in [6.07, 6.45) is 6.17. The van der Waals surface area contributed by atoms with Crippen molar-refractivity contribution < 1.29 is 0 Å². The van der Waals surface area contributed by atoms with Gasteiger partial charge in [0, 0.05) is 33.2 Å². The number of aromatic nitrogens is 4. The van der Waals surface area contributed by atoms with Gasteiger partial charge in [0.1, 0.15) is 0 Å². The van der Waals surface area contributed by atoms with Gasteiger partial charge in [-0.25, -0.2) is 9.78 Å². The number of aryl methyl sites for hydroxylation is 2. The minimum Gasteiger partial charge on any atom is -0.328 e. The van der Waals surface area contributed by atoms with Crippen LogP contribution < -0.4 is 11.2 Å². The third kappa shape index (κ3) is 2.85. The minimum atomic E-state index is -0.284. The van der Waals surface area contributed by atoms with E-state index in [1.54, 1.807) is 25.0 Å². The van der Waals surface area contributed by atoms with Crippen LogP contribution in [0.25, 0.3) is 11.2 Å². The fraction of sp³-hybridized carbons (Fsp3) is 0.688. The van der Waals surface area contributed by atoms with Crippen molar-refractivity contribution in [2.45, 2.75) is 45.2 Å². The highest BCUT2D eigenvalue weighted by Crippen LogP contribution is 2.16. The van der Waals surface area contributed by atoms with Crippen LogP contribution >= 0.6 is 0 Å². The molecule has 126 valence electrons. The van der Waals surface area contributed by atoms with Gasteiger partial charge in [0.25, 0.3) is 5.56 Å². The van der Waals surface area contributed by atoms with E-state index in [1.807, 2.05) is 0 Å². The van der Waals surface area contributed by atoms with E-state index < -0.39 is 0 Å². The summed E-state index contributed by atoms with van der Waals surface area (Å²) in [5.41, 5.74) is 0.407. The zero-order valence-corrected chi connectivity index (χ0v) is 14.2. The lowest BCUT2D eigenvalue weighted by Gasteiger charge is -2.33. The zero-order valence-electron chi connectivity index (χ0n) is 14.2. The van der Waals surface area contributed by atoms with E-state index in [0.717, 1.165) is 19.5 Å². The third-order valence-corrected chi connectivity index (χ3v) is 4.97. The first-order valence-electron chi connectivity index (χ1n) is 8.35. The molecule has 0 spiro atoms. The lowest BCUT2D eigenvalue weighted by atomic mass is 10.0. The van der Waals surface area contributed by atoms with Crippen LogP contribution in [0, 0.1) is 0 Å². The molecular formula is C16H25N5O2. The Balaban J connectivity index is 1.81. The van der Waals surface area contributed by atoms with Crippen molar-refractivity contribution in [3.63, 3.8) is 0 Å². The molecule has 0 N–H and O–H groups in total. The van der Waals surface area contributed by atoms with Gasteiger partial charge < -0.3 is 9.47 Å². The second-order valence-electron chi connectivity index (χ2n) is 6.56. The van der Waals surface area contributed by atoms with Crippen molar-refractivity contribution in [3.05, 3.63) is 27.2 Å². The summed E-state index contributed by atoms with van der Waals surface area (Å²) in [4.78, 5) is 31.6. The molecule has 0 saturated carbocycles. The highest BCUT2D eigenvalue weighted by molar-refractivity contribution is 5.69. The second-order valence-corrected chi connectivity index (χ2v) is 6.56. The summed E-state index contributed by atoms with van der Waals surface area (Å²) in [5.74, 6) is 0. The normalized spacial score (nSPS) is 19.5. The monoisotopic (exact) mass is 319 g/mol. The van der Waals surface area contributed by atoms with Crippen molar-refractivity contribution >= 4 is 11.2 Å².